The number of ether oxygens (including phenoxy) is 3. The minimum atomic E-state index is -0.524. The Kier molecular flexibility index (Phi) is 6.49. The normalized spacial score (nSPS) is 18.4. The second-order valence-corrected chi connectivity index (χ2v) is 4.60. The molecule has 1 unspecified atom stereocenters. The van der Waals surface area contributed by atoms with E-state index in [2.05, 4.69) is 10.1 Å². The van der Waals surface area contributed by atoms with Crippen LogP contribution in [0.5, 0.6) is 0 Å². The Hall–Kier alpha value is -0.810. The molecular weight excluding hydrogens is 222 g/mol. The molecule has 0 aliphatic heterocycles. The molecule has 0 fully saturated rings. The zero-order valence-electron chi connectivity index (χ0n) is 11.9. The van der Waals surface area contributed by atoms with Gasteiger partial charge in [-0.1, -0.05) is 13.8 Å². The van der Waals surface area contributed by atoms with Crippen molar-refractivity contribution in [3.8, 4) is 0 Å². The number of amides is 1. The molecule has 0 radical (unpaired) electrons. The van der Waals surface area contributed by atoms with Gasteiger partial charge in [-0.3, -0.25) is 0 Å². The molecule has 0 spiro atoms. The summed E-state index contributed by atoms with van der Waals surface area (Å²) >= 11 is 0. The second-order valence-electron chi connectivity index (χ2n) is 4.60. The fraction of sp³-hybridized carbons (Fsp3) is 0.917. The predicted molar refractivity (Wildman–Crippen MR) is 66.1 cm³/mol. The Morgan fingerprint density at radius 2 is 1.71 bits per heavy atom. The molecule has 0 aliphatic rings. The first-order valence-corrected chi connectivity index (χ1v) is 5.75. The molecule has 1 N–H and O–H groups in total. The lowest BCUT2D eigenvalue weighted by molar-refractivity contribution is -0.0945. The number of carbonyl (C=O) groups is 1. The minimum absolute atomic E-state index is 0.179. The SMILES string of the molecule is COC(=O)N[C@H]([C@@H](C)OC)C(C)(OC)C(C)C. The van der Waals surface area contributed by atoms with Gasteiger partial charge in [-0.25, -0.2) is 4.79 Å². The predicted octanol–water partition coefficient (Wildman–Crippen LogP) is 1.81. The van der Waals surface area contributed by atoms with E-state index in [9.17, 15) is 4.79 Å². The molecule has 5 nitrogen and oxygen atoms in total. The number of hydrogen-bond donors (Lipinski definition) is 1. The van der Waals surface area contributed by atoms with Gasteiger partial charge in [0.15, 0.2) is 0 Å². The van der Waals surface area contributed by atoms with Gasteiger partial charge in [0, 0.05) is 14.2 Å². The summed E-state index contributed by atoms with van der Waals surface area (Å²) in [5.74, 6) is 0.215. The van der Waals surface area contributed by atoms with E-state index < -0.39 is 11.7 Å². The molecule has 0 heterocycles. The van der Waals surface area contributed by atoms with Crippen LogP contribution < -0.4 is 5.32 Å². The Labute approximate surface area is 104 Å². The number of alkyl carbamates (subject to hydrolysis) is 1. The van der Waals surface area contributed by atoms with Gasteiger partial charge in [0.05, 0.1) is 24.9 Å². The standard InChI is InChI=1S/C12H25NO4/c1-8(2)12(4,17-7)10(9(3)15-5)13-11(14)16-6/h8-10H,1-7H3,(H,13,14)/t9-,10-,12?/m1/s1. The smallest absolute Gasteiger partial charge is 0.407 e. The molecule has 0 saturated heterocycles. The lowest BCUT2D eigenvalue weighted by Crippen LogP contribution is -2.60. The van der Waals surface area contributed by atoms with Crippen LogP contribution in [0.1, 0.15) is 27.7 Å². The molecular formula is C12H25NO4. The van der Waals surface area contributed by atoms with Gasteiger partial charge in [0.1, 0.15) is 0 Å². The fourth-order valence-corrected chi connectivity index (χ4v) is 1.77. The van der Waals surface area contributed by atoms with Gasteiger partial charge in [0.2, 0.25) is 0 Å². The second kappa shape index (κ2) is 6.81. The van der Waals surface area contributed by atoms with E-state index in [0.717, 1.165) is 0 Å². The monoisotopic (exact) mass is 247 g/mol. The third-order valence-electron chi connectivity index (χ3n) is 3.50. The highest BCUT2D eigenvalue weighted by Crippen LogP contribution is 2.27. The van der Waals surface area contributed by atoms with E-state index in [1.165, 1.54) is 7.11 Å². The number of nitrogens with one attached hydrogen (secondary N) is 1. The first-order chi connectivity index (χ1) is 7.83. The van der Waals surface area contributed by atoms with Crippen LogP contribution in [-0.2, 0) is 14.2 Å². The van der Waals surface area contributed by atoms with E-state index in [0.29, 0.717) is 0 Å². The highest BCUT2D eigenvalue weighted by molar-refractivity contribution is 5.67. The van der Waals surface area contributed by atoms with Crippen LogP contribution in [-0.4, -0.2) is 45.2 Å². The van der Waals surface area contributed by atoms with E-state index in [4.69, 9.17) is 9.47 Å². The molecule has 0 rings (SSSR count). The quantitative estimate of drug-likeness (QED) is 0.777. The summed E-state index contributed by atoms with van der Waals surface area (Å²) in [6.07, 6.45) is -0.663. The summed E-state index contributed by atoms with van der Waals surface area (Å²) in [7, 11) is 4.57. The summed E-state index contributed by atoms with van der Waals surface area (Å²) in [6.45, 7) is 7.92. The van der Waals surface area contributed by atoms with Crippen LogP contribution in [0.4, 0.5) is 4.79 Å². The summed E-state index contributed by atoms with van der Waals surface area (Å²) in [5.41, 5.74) is -0.524. The van der Waals surface area contributed by atoms with Crippen molar-refractivity contribution in [1.82, 2.24) is 5.32 Å². The number of hydrogen-bond acceptors (Lipinski definition) is 4. The summed E-state index contributed by atoms with van der Waals surface area (Å²) in [5, 5.41) is 2.78. The zero-order chi connectivity index (χ0) is 13.6. The van der Waals surface area contributed by atoms with Crippen LogP contribution in [0.15, 0.2) is 0 Å². The topological polar surface area (TPSA) is 56.8 Å². The molecule has 0 aliphatic carbocycles. The van der Waals surface area contributed by atoms with Gasteiger partial charge >= 0.3 is 6.09 Å². The third kappa shape index (κ3) is 3.85. The largest absolute Gasteiger partial charge is 0.453 e. The molecule has 0 saturated carbocycles. The third-order valence-corrected chi connectivity index (χ3v) is 3.50. The summed E-state index contributed by atoms with van der Waals surface area (Å²) < 4.78 is 15.5. The Bertz CT molecular complexity index is 245. The van der Waals surface area contributed by atoms with Gasteiger partial charge < -0.3 is 19.5 Å². The van der Waals surface area contributed by atoms with Crippen molar-refractivity contribution >= 4 is 6.09 Å². The molecule has 0 bridgehead atoms. The highest BCUT2D eigenvalue weighted by atomic mass is 16.5. The molecule has 3 atom stereocenters. The molecule has 17 heavy (non-hydrogen) atoms. The van der Waals surface area contributed by atoms with Crippen molar-refractivity contribution in [2.75, 3.05) is 21.3 Å². The van der Waals surface area contributed by atoms with Gasteiger partial charge in [-0.2, -0.15) is 0 Å². The van der Waals surface area contributed by atoms with Gasteiger partial charge in [-0.05, 0) is 19.8 Å². The van der Waals surface area contributed by atoms with Gasteiger partial charge in [0.25, 0.3) is 0 Å². The zero-order valence-corrected chi connectivity index (χ0v) is 11.9. The van der Waals surface area contributed by atoms with Crippen molar-refractivity contribution in [2.45, 2.75) is 45.4 Å². The first kappa shape index (κ1) is 16.2. The molecule has 0 aromatic carbocycles. The van der Waals surface area contributed by atoms with Crippen molar-refractivity contribution in [2.24, 2.45) is 5.92 Å². The van der Waals surface area contributed by atoms with Crippen LogP contribution in [0, 0.1) is 5.92 Å². The molecule has 0 aromatic heterocycles. The Morgan fingerprint density at radius 3 is 2.00 bits per heavy atom. The van der Waals surface area contributed by atoms with E-state index in [-0.39, 0.29) is 18.1 Å². The maximum absolute atomic E-state index is 11.4. The molecule has 0 aromatic rings. The number of methoxy groups -OCH3 is 3. The highest BCUT2D eigenvalue weighted by Gasteiger charge is 2.42. The first-order valence-electron chi connectivity index (χ1n) is 5.75. The van der Waals surface area contributed by atoms with E-state index in [1.807, 2.05) is 27.7 Å². The Balaban J connectivity index is 5.07. The fourth-order valence-electron chi connectivity index (χ4n) is 1.77. The average Bonchev–Trinajstić information content (AvgIpc) is 2.33. The Morgan fingerprint density at radius 1 is 1.18 bits per heavy atom. The van der Waals surface area contributed by atoms with Crippen LogP contribution in [0.3, 0.4) is 0 Å². The van der Waals surface area contributed by atoms with Crippen molar-refractivity contribution in [3.05, 3.63) is 0 Å². The summed E-state index contributed by atoms with van der Waals surface area (Å²) in [4.78, 5) is 11.4. The molecule has 5 heteroatoms. The lowest BCUT2D eigenvalue weighted by Gasteiger charge is -2.42. The lowest BCUT2D eigenvalue weighted by atomic mass is 9.82. The van der Waals surface area contributed by atoms with Gasteiger partial charge in [-0.15, -0.1) is 0 Å². The maximum Gasteiger partial charge on any atom is 0.407 e. The molecule has 1 amide bonds. The minimum Gasteiger partial charge on any atom is -0.453 e. The molecule has 102 valence electrons. The van der Waals surface area contributed by atoms with Crippen molar-refractivity contribution < 1.29 is 19.0 Å². The van der Waals surface area contributed by atoms with Crippen LogP contribution in [0.2, 0.25) is 0 Å². The van der Waals surface area contributed by atoms with Crippen LogP contribution >= 0.6 is 0 Å². The van der Waals surface area contributed by atoms with E-state index >= 15 is 0 Å². The van der Waals surface area contributed by atoms with Crippen molar-refractivity contribution in [1.29, 1.82) is 0 Å². The van der Waals surface area contributed by atoms with Crippen LogP contribution in [0.25, 0.3) is 0 Å². The number of rotatable bonds is 6. The van der Waals surface area contributed by atoms with Crippen molar-refractivity contribution in [3.63, 3.8) is 0 Å². The maximum atomic E-state index is 11.4. The van der Waals surface area contributed by atoms with E-state index in [1.54, 1.807) is 14.2 Å². The average molecular weight is 247 g/mol. The number of carbonyl (C=O) groups excluding carboxylic acids is 1. The summed E-state index contributed by atoms with van der Waals surface area (Å²) in [6, 6.07) is -0.287.